The Morgan fingerprint density at radius 2 is 1.94 bits per heavy atom. The number of benzene rings is 1. The molecule has 0 aliphatic rings. The van der Waals surface area contributed by atoms with Gasteiger partial charge in [-0.05, 0) is 29.7 Å². The zero-order chi connectivity index (χ0) is 13.6. The van der Waals surface area contributed by atoms with Crippen LogP contribution in [0.1, 0.15) is 13.8 Å². The maximum absolute atomic E-state index is 11.5. The average Bonchev–Trinajstić information content (AvgIpc) is 2.36. The van der Waals surface area contributed by atoms with Crippen LogP contribution in [-0.2, 0) is 4.79 Å². The Kier molecular flexibility index (Phi) is 5.76. The molecule has 18 heavy (non-hydrogen) atoms. The summed E-state index contributed by atoms with van der Waals surface area (Å²) in [5.41, 5.74) is -0.114. The first-order valence-corrected chi connectivity index (χ1v) is 6.55. The first kappa shape index (κ1) is 15.1. The van der Waals surface area contributed by atoms with Gasteiger partial charge >= 0.3 is 0 Å². The van der Waals surface area contributed by atoms with E-state index in [1.54, 1.807) is 24.3 Å². The molecule has 0 radical (unpaired) electrons. The van der Waals surface area contributed by atoms with Crippen LogP contribution in [0.4, 0.5) is 0 Å². The number of amides is 1. The smallest absolute Gasteiger partial charge is 0.257 e. The molecule has 0 aliphatic carbocycles. The Morgan fingerprint density at radius 1 is 1.33 bits per heavy atom. The van der Waals surface area contributed by atoms with Crippen LogP contribution in [0.2, 0.25) is 5.02 Å². The molecule has 3 nitrogen and oxygen atoms in total. The number of hydrogen-bond donors (Lipinski definition) is 1. The van der Waals surface area contributed by atoms with Crippen LogP contribution in [0.5, 0.6) is 5.75 Å². The SMILES string of the molecule is CC(C)(CCl)CNC(=O)COc1ccc(Cl)cc1. The third-order valence-corrected chi connectivity index (χ3v) is 3.28. The van der Waals surface area contributed by atoms with Gasteiger partial charge < -0.3 is 10.1 Å². The molecule has 0 aromatic heterocycles. The van der Waals surface area contributed by atoms with E-state index in [0.29, 0.717) is 23.2 Å². The molecule has 5 heteroatoms. The Labute approximate surface area is 117 Å². The second-order valence-electron chi connectivity index (χ2n) is 4.82. The van der Waals surface area contributed by atoms with Gasteiger partial charge in [0.15, 0.2) is 6.61 Å². The number of alkyl halides is 1. The highest BCUT2D eigenvalue weighted by Crippen LogP contribution is 2.16. The summed E-state index contributed by atoms with van der Waals surface area (Å²) in [5.74, 6) is 0.944. The summed E-state index contributed by atoms with van der Waals surface area (Å²) in [6.45, 7) is 4.49. The zero-order valence-electron chi connectivity index (χ0n) is 10.5. The van der Waals surface area contributed by atoms with E-state index in [9.17, 15) is 4.79 Å². The van der Waals surface area contributed by atoms with Crippen LogP contribution in [0.15, 0.2) is 24.3 Å². The molecule has 0 saturated heterocycles. The maximum atomic E-state index is 11.5. The Bertz CT molecular complexity index is 390. The van der Waals surface area contributed by atoms with Gasteiger partial charge in [0, 0.05) is 17.4 Å². The molecule has 1 N–H and O–H groups in total. The standard InChI is InChI=1S/C13H17Cl2NO2/c1-13(2,8-14)9-16-12(17)7-18-11-5-3-10(15)4-6-11/h3-6H,7-9H2,1-2H3,(H,16,17). The molecule has 0 fully saturated rings. The van der Waals surface area contributed by atoms with Gasteiger partial charge in [0.1, 0.15) is 5.75 Å². The van der Waals surface area contributed by atoms with Crippen LogP contribution in [0, 0.1) is 5.41 Å². The Hall–Kier alpha value is -0.930. The molecule has 1 rings (SSSR count). The van der Waals surface area contributed by atoms with E-state index in [2.05, 4.69) is 5.32 Å². The molecule has 0 aliphatic heterocycles. The molecule has 0 saturated carbocycles. The van der Waals surface area contributed by atoms with Crippen molar-refractivity contribution >= 4 is 29.1 Å². The van der Waals surface area contributed by atoms with Crippen molar-refractivity contribution in [1.29, 1.82) is 0 Å². The highest BCUT2D eigenvalue weighted by Gasteiger charge is 2.17. The summed E-state index contributed by atoms with van der Waals surface area (Å²) in [5, 5.41) is 3.42. The van der Waals surface area contributed by atoms with Crippen molar-refractivity contribution < 1.29 is 9.53 Å². The number of carbonyl (C=O) groups excluding carboxylic acids is 1. The molecule has 0 spiro atoms. The number of nitrogens with one attached hydrogen (secondary N) is 1. The van der Waals surface area contributed by atoms with Crippen LogP contribution in [-0.4, -0.2) is 24.9 Å². The quantitative estimate of drug-likeness (QED) is 0.818. The minimum absolute atomic E-state index is 0.0139. The van der Waals surface area contributed by atoms with E-state index in [1.807, 2.05) is 13.8 Å². The molecule has 0 heterocycles. The lowest BCUT2D eigenvalue weighted by Gasteiger charge is -2.21. The summed E-state index contributed by atoms with van der Waals surface area (Å²) in [6, 6.07) is 6.87. The molecule has 0 unspecified atom stereocenters. The largest absolute Gasteiger partial charge is 0.484 e. The second kappa shape index (κ2) is 6.86. The fourth-order valence-corrected chi connectivity index (χ4v) is 1.34. The zero-order valence-corrected chi connectivity index (χ0v) is 12.0. The van der Waals surface area contributed by atoms with Crippen molar-refractivity contribution in [2.24, 2.45) is 5.41 Å². The van der Waals surface area contributed by atoms with Crippen LogP contribution >= 0.6 is 23.2 Å². The monoisotopic (exact) mass is 289 g/mol. The molecule has 100 valence electrons. The molecular weight excluding hydrogens is 273 g/mol. The van der Waals surface area contributed by atoms with E-state index in [4.69, 9.17) is 27.9 Å². The second-order valence-corrected chi connectivity index (χ2v) is 5.52. The van der Waals surface area contributed by atoms with Crippen LogP contribution < -0.4 is 10.1 Å². The minimum atomic E-state index is -0.164. The molecule has 1 aromatic rings. The summed E-state index contributed by atoms with van der Waals surface area (Å²) in [7, 11) is 0. The topological polar surface area (TPSA) is 38.3 Å². The van der Waals surface area contributed by atoms with E-state index in [0.717, 1.165) is 0 Å². The normalized spacial score (nSPS) is 11.1. The van der Waals surface area contributed by atoms with Crippen molar-refractivity contribution in [3.63, 3.8) is 0 Å². The fourth-order valence-electron chi connectivity index (χ4n) is 1.12. The summed E-state index contributed by atoms with van der Waals surface area (Å²) < 4.78 is 5.32. The Morgan fingerprint density at radius 3 is 2.50 bits per heavy atom. The third kappa shape index (κ3) is 5.61. The van der Waals surface area contributed by atoms with Crippen molar-refractivity contribution in [1.82, 2.24) is 5.32 Å². The number of carbonyl (C=O) groups is 1. The van der Waals surface area contributed by atoms with Crippen molar-refractivity contribution in [3.8, 4) is 5.75 Å². The van der Waals surface area contributed by atoms with Gasteiger partial charge in [0.05, 0.1) is 0 Å². The minimum Gasteiger partial charge on any atom is -0.484 e. The summed E-state index contributed by atoms with van der Waals surface area (Å²) >= 11 is 11.5. The lowest BCUT2D eigenvalue weighted by molar-refractivity contribution is -0.123. The highest BCUT2D eigenvalue weighted by atomic mass is 35.5. The van der Waals surface area contributed by atoms with E-state index in [1.165, 1.54) is 0 Å². The molecule has 1 amide bonds. The van der Waals surface area contributed by atoms with Crippen LogP contribution in [0.25, 0.3) is 0 Å². The maximum Gasteiger partial charge on any atom is 0.257 e. The average molecular weight is 290 g/mol. The van der Waals surface area contributed by atoms with Crippen molar-refractivity contribution in [2.45, 2.75) is 13.8 Å². The molecule has 1 aromatic carbocycles. The Balaban J connectivity index is 2.31. The van der Waals surface area contributed by atoms with Crippen LogP contribution in [0.3, 0.4) is 0 Å². The first-order valence-electron chi connectivity index (χ1n) is 5.64. The molecule has 0 bridgehead atoms. The number of hydrogen-bond acceptors (Lipinski definition) is 2. The number of rotatable bonds is 6. The van der Waals surface area contributed by atoms with Gasteiger partial charge in [-0.3, -0.25) is 4.79 Å². The van der Waals surface area contributed by atoms with Gasteiger partial charge in [-0.1, -0.05) is 25.4 Å². The van der Waals surface area contributed by atoms with E-state index >= 15 is 0 Å². The number of halogens is 2. The molecule has 0 atom stereocenters. The van der Waals surface area contributed by atoms with Crippen molar-refractivity contribution in [3.05, 3.63) is 29.3 Å². The third-order valence-electron chi connectivity index (χ3n) is 2.31. The van der Waals surface area contributed by atoms with E-state index in [-0.39, 0.29) is 17.9 Å². The molecular formula is C13H17Cl2NO2. The fraction of sp³-hybridized carbons (Fsp3) is 0.462. The number of ether oxygens (including phenoxy) is 1. The van der Waals surface area contributed by atoms with Gasteiger partial charge in [-0.25, -0.2) is 0 Å². The summed E-state index contributed by atoms with van der Waals surface area (Å²) in [4.78, 5) is 11.5. The van der Waals surface area contributed by atoms with Crippen molar-refractivity contribution in [2.75, 3.05) is 19.0 Å². The predicted molar refractivity (Wildman–Crippen MR) is 74.5 cm³/mol. The van der Waals surface area contributed by atoms with Gasteiger partial charge in [0.2, 0.25) is 0 Å². The summed E-state index contributed by atoms with van der Waals surface area (Å²) in [6.07, 6.45) is 0. The lowest BCUT2D eigenvalue weighted by atomic mass is 9.97. The van der Waals surface area contributed by atoms with Gasteiger partial charge in [-0.2, -0.15) is 0 Å². The van der Waals surface area contributed by atoms with E-state index < -0.39 is 0 Å². The first-order chi connectivity index (χ1) is 8.43. The predicted octanol–water partition coefficient (Wildman–Crippen LogP) is 3.10. The highest BCUT2D eigenvalue weighted by molar-refractivity contribution is 6.30. The van der Waals surface area contributed by atoms with Gasteiger partial charge in [-0.15, -0.1) is 11.6 Å². The van der Waals surface area contributed by atoms with Gasteiger partial charge in [0.25, 0.3) is 5.91 Å². The lowest BCUT2D eigenvalue weighted by Crippen LogP contribution is -2.37.